The molecule has 2 N–H and O–H groups in total. The van der Waals surface area contributed by atoms with Crippen molar-refractivity contribution in [2.45, 2.75) is 70.0 Å². The molecule has 9 nitrogen and oxygen atoms in total. The summed E-state index contributed by atoms with van der Waals surface area (Å²) >= 11 is 0. The first kappa shape index (κ1) is 34.8. The van der Waals surface area contributed by atoms with Gasteiger partial charge in [0.05, 0.1) is 18.7 Å². The zero-order valence-corrected chi connectivity index (χ0v) is 31.2. The molecule has 280 valence electrons. The first-order valence-corrected chi connectivity index (χ1v) is 19.3. The molecule has 1 spiro atoms. The number of H-pyrrole nitrogens is 1. The molecule has 1 atom stereocenters. The number of hydrogen-bond acceptors (Lipinski definition) is 7. The van der Waals surface area contributed by atoms with Crippen molar-refractivity contribution >= 4 is 22.7 Å². The number of aromatic amines is 1. The summed E-state index contributed by atoms with van der Waals surface area (Å²) < 4.78 is 26.1. The quantitative estimate of drug-likeness (QED) is 0.140. The van der Waals surface area contributed by atoms with Gasteiger partial charge in [0.25, 0.3) is 0 Å². The molecule has 0 radical (unpaired) electrons. The number of carbonyl (C=O) groups is 1. The summed E-state index contributed by atoms with van der Waals surface area (Å²) in [5.41, 5.74) is 7.19. The van der Waals surface area contributed by atoms with Crippen molar-refractivity contribution < 1.29 is 23.8 Å². The van der Waals surface area contributed by atoms with Crippen LogP contribution < -0.4 is 14.4 Å². The number of carboxylic acids is 1. The number of rotatable bonds is 11. The molecule has 4 aliphatic rings. The third-order valence-electron chi connectivity index (χ3n) is 12.3. The molecule has 2 aliphatic heterocycles. The molecule has 10 heteroatoms. The average Bonchev–Trinajstić information content (AvgIpc) is 3.92. The minimum atomic E-state index is -1.08. The van der Waals surface area contributed by atoms with Gasteiger partial charge in [0.2, 0.25) is 0 Å². The van der Waals surface area contributed by atoms with Crippen LogP contribution in [0.15, 0.2) is 79.1 Å². The summed E-state index contributed by atoms with van der Waals surface area (Å²) in [7, 11) is 1.80. The molecule has 4 heterocycles. The largest absolute Gasteiger partial charge is 0.496 e. The Kier molecular flexibility index (Phi) is 8.85. The summed E-state index contributed by atoms with van der Waals surface area (Å²) in [5.74, 6) is 1.12. The van der Waals surface area contributed by atoms with Crippen LogP contribution in [0.4, 0.5) is 10.1 Å². The van der Waals surface area contributed by atoms with Crippen molar-refractivity contribution in [3.8, 4) is 17.2 Å². The Labute approximate surface area is 315 Å². The Morgan fingerprint density at radius 3 is 2.59 bits per heavy atom. The second kappa shape index (κ2) is 13.7. The highest BCUT2D eigenvalue weighted by molar-refractivity contribution is 5.92. The van der Waals surface area contributed by atoms with Crippen molar-refractivity contribution in [1.29, 1.82) is 0 Å². The van der Waals surface area contributed by atoms with E-state index in [1.165, 1.54) is 53.6 Å². The molecule has 0 bridgehead atoms. The standard InChI is InChI=1S/C44H48FN5O4/c1-27(2)33-6-4-5-7-35(33)39-24-48(23-28-8-12-34(29-9-10-29)40(16-28)53-3)14-15-50(39)31-19-44(20-31)25-49(26-44)30-11-13-36(43(51)52)41(17-30)54-32-18-37-38(45)22-47-42(37)46-21-32/h4-8,11-13,16-18,21-22,27,29,31,39H,9-10,14-15,19-20,23-26H2,1-3H3,(H,46,47)(H,51,52). The van der Waals surface area contributed by atoms with Gasteiger partial charge in [-0.05, 0) is 84.0 Å². The number of aromatic nitrogens is 2. The van der Waals surface area contributed by atoms with Gasteiger partial charge in [-0.25, -0.2) is 14.2 Å². The number of hydrogen-bond donors (Lipinski definition) is 2. The number of nitrogens with zero attached hydrogens (tertiary/aromatic N) is 4. The fourth-order valence-corrected chi connectivity index (χ4v) is 9.38. The molecule has 4 fully saturated rings. The van der Waals surface area contributed by atoms with E-state index >= 15 is 0 Å². The van der Waals surface area contributed by atoms with Gasteiger partial charge in [0, 0.05) is 74.7 Å². The molecule has 5 aromatic rings. The molecule has 1 unspecified atom stereocenters. The van der Waals surface area contributed by atoms with E-state index in [2.05, 4.69) is 81.0 Å². The van der Waals surface area contributed by atoms with E-state index in [-0.39, 0.29) is 22.5 Å². The number of ether oxygens (including phenoxy) is 2. The van der Waals surface area contributed by atoms with Gasteiger partial charge < -0.3 is 24.5 Å². The number of anilines is 1. The van der Waals surface area contributed by atoms with E-state index in [0.717, 1.165) is 63.5 Å². The fraction of sp³-hybridized carbons (Fsp3) is 0.409. The lowest BCUT2D eigenvalue weighted by Crippen LogP contribution is -2.68. The maximum Gasteiger partial charge on any atom is 0.339 e. The summed E-state index contributed by atoms with van der Waals surface area (Å²) in [6.07, 6.45) is 7.54. The van der Waals surface area contributed by atoms with Crippen LogP contribution in [0.2, 0.25) is 0 Å². The molecular formula is C44H48FN5O4. The van der Waals surface area contributed by atoms with E-state index < -0.39 is 11.8 Å². The van der Waals surface area contributed by atoms with Crippen LogP contribution in [0.25, 0.3) is 11.0 Å². The topological polar surface area (TPSA) is 94.2 Å². The summed E-state index contributed by atoms with van der Waals surface area (Å²) in [4.78, 5) is 26.9. The SMILES string of the molecule is COc1cc(CN2CCN(C3CC4(C3)CN(c3ccc(C(=O)O)c(Oc5cnc6[nH]cc(F)c6c5)c3)C4)C(c3ccccc3C(C)C)C2)ccc1C1CC1. The minimum absolute atomic E-state index is 0.0496. The maximum atomic E-state index is 14.2. The predicted octanol–water partition coefficient (Wildman–Crippen LogP) is 8.73. The molecule has 2 saturated heterocycles. The van der Waals surface area contributed by atoms with Gasteiger partial charge in [0.15, 0.2) is 0 Å². The number of methoxy groups -OCH3 is 1. The van der Waals surface area contributed by atoms with Gasteiger partial charge in [-0.2, -0.15) is 0 Å². The number of aromatic carboxylic acids is 1. The lowest BCUT2D eigenvalue weighted by atomic mass is 9.59. The molecule has 2 aliphatic carbocycles. The summed E-state index contributed by atoms with van der Waals surface area (Å²) in [6.45, 7) is 10.4. The zero-order chi connectivity index (χ0) is 37.1. The van der Waals surface area contributed by atoms with E-state index in [1.807, 2.05) is 6.07 Å². The van der Waals surface area contributed by atoms with Gasteiger partial charge in [-0.15, -0.1) is 0 Å². The van der Waals surface area contributed by atoms with Crippen molar-refractivity contribution in [3.63, 3.8) is 0 Å². The molecular weight excluding hydrogens is 682 g/mol. The Morgan fingerprint density at radius 1 is 1.02 bits per heavy atom. The normalized spacial score (nSPS) is 20.3. The lowest BCUT2D eigenvalue weighted by Gasteiger charge is -2.63. The van der Waals surface area contributed by atoms with Gasteiger partial charge in [0.1, 0.15) is 34.3 Å². The van der Waals surface area contributed by atoms with E-state index in [0.29, 0.717) is 35.0 Å². The molecule has 2 saturated carbocycles. The monoisotopic (exact) mass is 729 g/mol. The Hall–Kier alpha value is -4.93. The van der Waals surface area contributed by atoms with Crippen molar-refractivity contribution in [2.75, 3.05) is 44.7 Å². The minimum Gasteiger partial charge on any atom is -0.496 e. The average molecular weight is 730 g/mol. The van der Waals surface area contributed by atoms with Gasteiger partial charge in [-0.3, -0.25) is 9.80 Å². The van der Waals surface area contributed by atoms with Crippen molar-refractivity contribution in [1.82, 2.24) is 19.8 Å². The second-order valence-electron chi connectivity index (χ2n) is 16.3. The van der Waals surface area contributed by atoms with E-state index in [4.69, 9.17) is 9.47 Å². The summed E-state index contributed by atoms with van der Waals surface area (Å²) in [6, 6.07) is 23.5. The van der Waals surface area contributed by atoms with E-state index in [9.17, 15) is 14.3 Å². The van der Waals surface area contributed by atoms with Crippen LogP contribution in [-0.2, 0) is 6.54 Å². The highest BCUT2D eigenvalue weighted by Crippen LogP contribution is 2.54. The number of piperazine rings is 1. The molecule has 3 aromatic carbocycles. The molecule has 0 amide bonds. The van der Waals surface area contributed by atoms with Crippen LogP contribution in [0.3, 0.4) is 0 Å². The van der Waals surface area contributed by atoms with Crippen molar-refractivity contribution in [3.05, 3.63) is 113 Å². The maximum absolute atomic E-state index is 14.2. The number of fused-ring (bicyclic) bond motifs is 1. The lowest BCUT2D eigenvalue weighted by molar-refractivity contribution is -0.0647. The fourth-order valence-electron chi connectivity index (χ4n) is 9.38. The first-order chi connectivity index (χ1) is 26.2. The zero-order valence-electron chi connectivity index (χ0n) is 31.2. The van der Waals surface area contributed by atoms with Crippen molar-refractivity contribution in [2.24, 2.45) is 5.41 Å². The third-order valence-corrected chi connectivity index (χ3v) is 12.3. The summed E-state index contributed by atoms with van der Waals surface area (Å²) in [5, 5.41) is 10.2. The van der Waals surface area contributed by atoms with Gasteiger partial charge in [-0.1, -0.05) is 50.2 Å². The highest BCUT2D eigenvalue weighted by Gasteiger charge is 2.55. The smallest absolute Gasteiger partial charge is 0.339 e. The highest BCUT2D eigenvalue weighted by atomic mass is 19.1. The van der Waals surface area contributed by atoms with Crippen LogP contribution >= 0.6 is 0 Å². The number of benzene rings is 3. The van der Waals surface area contributed by atoms with Gasteiger partial charge >= 0.3 is 5.97 Å². The number of carboxylic acid groups (broad SMARTS) is 1. The Balaban J connectivity index is 0.892. The molecule has 2 aromatic heterocycles. The van der Waals surface area contributed by atoms with Crippen LogP contribution in [0.1, 0.15) is 90.0 Å². The molecule has 9 rings (SSSR count). The number of halogens is 1. The first-order valence-electron chi connectivity index (χ1n) is 19.3. The Morgan fingerprint density at radius 2 is 1.83 bits per heavy atom. The van der Waals surface area contributed by atoms with Crippen LogP contribution in [0, 0.1) is 11.2 Å². The molecule has 54 heavy (non-hydrogen) atoms. The van der Waals surface area contributed by atoms with Crippen LogP contribution in [-0.4, -0.2) is 76.7 Å². The predicted molar refractivity (Wildman–Crippen MR) is 207 cm³/mol. The Bertz CT molecular complexity index is 2200. The van der Waals surface area contributed by atoms with E-state index in [1.54, 1.807) is 19.2 Å². The van der Waals surface area contributed by atoms with Crippen LogP contribution in [0.5, 0.6) is 17.2 Å². The number of nitrogens with one attached hydrogen (secondary N) is 1. The number of pyridine rings is 1. The second-order valence-corrected chi connectivity index (χ2v) is 16.3. The third kappa shape index (κ3) is 6.49.